The Hall–Kier alpha value is -2.04. The molecule has 0 heterocycles. The van der Waals surface area contributed by atoms with Crippen molar-refractivity contribution in [1.29, 1.82) is 0 Å². The summed E-state index contributed by atoms with van der Waals surface area (Å²) in [5, 5.41) is 12.2. The second kappa shape index (κ2) is 6.05. The number of carbonyl (C=O) groups is 2. The maximum absolute atomic E-state index is 11.9. The summed E-state index contributed by atoms with van der Waals surface area (Å²) in [6.45, 7) is 3.57. The fourth-order valence-electron chi connectivity index (χ4n) is 1.54. The van der Waals surface area contributed by atoms with Gasteiger partial charge >= 0.3 is 5.97 Å². The maximum atomic E-state index is 11.9. The molecule has 1 atom stereocenters. The second-order valence-corrected chi connectivity index (χ2v) is 3.98. The van der Waals surface area contributed by atoms with Crippen LogP contribution in [0.15, 0.2) is 18.2 Å². The van der Waals surface area contributed by atoms with E-state index < -0.39 is 17.9 Å². The Labute approximate surface area is 106 Å². The summed E-state index contributed by atoms with van der Waals surface area (Å²) in [6, 6.07) is 4.02. The number of phenolic OH excluding ortho intramolecular Hbond substituents is 1. The molecule has 2 N–H and O–H groups in total. The highest BCUT2D eigenvalue weighted by Crippen LogP contribution is 2.18. The lowest BCUT2D eigenvalue weighted by molar-refractivity contribution is -0.142. The lowest BCUT2D eigenvalue weighted by Crippen LogP contribution is -2.41. The van der Waals surface area contributed by atoms with E-state index in [9.17, 15) is 14.7 Å². The molecule has 0 spiro atoms. The van der Waals surface area contributed by atoms with Crippen molar-refractivity contribution in [2.45, 2.75) is 26.3 Å². The molecule has 1 amide bonds. The minimum atomic E-state index is -0.705. The Morgan fingerprint density at radius 3 is 2.61 bits per heavy atom. The van der Waals surface area contributed by atoms with Gasteiger partial charge in [-0.15, -0.1) is 0 Å². The molecular weight excluding hydrogens is 234 g/mol. The van der Waals surface area contributed by atoms with Gasteiger partial charge in [-0.2, -0.15) is 0 Å². The molecule has 98 valence electrons. The van der Waals surface area contributed by atoms with Gasteiger partial charge in [0.05, 0.1) is 12.7 Å². The molecule has 0 aliphatic carbocycles. The van der Waals surface area contributed by atoms with Gasteiger partial charge in [0.1, 0.15) is 11.8 Å². The molecule has 1 aromatic rings. The first-order valence-corrected chi connectivity index (χ1v) is 5.67. The number of aromatic hydroxyl groups is 1. The van der Waals surface area contributed by atoms with Gasteiger partial charge in [0.2, 0.25) is 0 Å². The quantitative estimate of drug-likeness (QED) is 0.793. The minimum absolute atomic E-state index is 0.104. The number of phenols is 1. The van der Waals surface area contributed by atoms with Crippen molar-refractivity contribution >= 4 is 11.9 Å². The Morgan fingerprint density at radius 1 is 1.44 bits per heavy atom. The van der Waals surface area contributed by atoms with Gasteiger partial charge in [0.15, 0.2) is 0 Å². The summed E-state index contributed by atoms with van der Waals surface area (Å²) in [4.78, 5) is 23.2. The van der Waals surface area contributed by atoms with E-state index in [0.29, 0.717) is 6.42 Å². The zero-order valence-electron chi connectivity index (χ0n) is 10.7. The van der Waals surface area contributed by atoms with Crippen LogP contribution in [-0.4, -0.2) is 30.1 Å². The maximum Gasteiger partial charge on any atom is 0.328 e. The fraction of sp³-hybridized carbons (Fsp3) is 0.385. The molecule has 0 saturated carbocycles. The molecule has 18 heavy (non-hydrogen) atoms. The van der Waals surface area contributed by atoms with Crippen LogP contribution < -0.4 is 5.32 Å². The van der Waals surface area contributed by atoms with Crippen LogP contribution in [0.5, 0.6) is 5.75 Å². The Morgan fingerprint density at radius 2 is 2.11 bits per heavy atom. The van der Waals surface area contributed by atoms with Crippen LogP contribution in [0.3, 0.4) is 0 Å². The van der Waals surface area contributed by atoms with Crippen LogP contribution in [0.2, 0.25) is 0 Å². The molecular formula is C13H17NO4. The third kappa shape index (κ3) is 3.23. The predicted molar refractivity (Wildman–Crippen MR) is 66.4 cm³/mol. The topological polar surface area (TPSA) is 75.6 Å². The number of nitrogens with one attached hydrogen (secondary N) is 1. The Kier molecular flexibility index (Phi) is 4.71. The van der Waals surface area contributed by atoms with E-state index in [1.54, 1.807) is 13.0 Å². The Balaban J connectivity index is 2.84. The van der Waals surface area contributed by atoms with Crippen molar-refractivity contribution in [3.8, 4) is 5.75 Å². The van der Waals surface area contributed by atoms with Gasteiger partial charge in [-0.25, -0.2) is 4.79 Å². The third-order valence-corrected chi connectivity index (χ3v) is 2.60. The van der Waals surface area contributed by atoms with E-state index >= 15 is 0 Å². The molecule has 0 radical (unpaired) electrons. The largest absolute Gasteiger partial charge is 0.507 e. The van der Waals surface area contributed by atoms with Gasteiger partial charge in [-0.05, 0) is 31.0 Å². The van der Waals surface area contributed by atoms with Crippen molar-refractivity contribution < 1.29 is 19.4 Å². The molecule has 1 unspecified atom stereocenters. The summed E-state index contributed by atoms with van der Waals surface area (Å²) in [6.07, 6.45) is 0.422. The number of hydrogen-bond acceptors (Lipinski definition) is 4. The zero-order chi connectivity index (χ0) is 13.7. The first-order valence-electron chi connectivity index (χ1n) is 5.67. The van der Waals surface area contributed by atoms with Crippen LogP contribution in [0.4, 0.5) is 0 Å². The molecule has 1 rings (SSSR count). The van der Waals surface area contributed by atoms with Crippen LogP contribution in [-0.2, 0) is 9.53 Å². The summed E-state index contributed by atoms with van der Waals surface area (Å²) >= 11 is 0. The smallest absolute Gasteiger partial charge is 0.328 e. The lowest BCUT2D eigenvalue weighted by atomic mass is 10.1. The number of carbonyl (C=O) groups excluding carboxylic acids is 2. The zero-order valence-corrected chi connectivity index (χ0v) is 10.7. The molecule has 0 bridgehead atoms. The van der Waals surface area contributed by atoms with E-state index in [1.165, 1.54) is 19.2 Å². The van der Waals surface area contributed by atoms with E-state index in [2.05, 4.69) is 10.1 Å². The van der Waals surface area contributed by atoms with Crippen molar-refractivity contribution in [1.82, 2.24) is 5.32 Å². The fourth-order valence-corrected chi connectivity index (χ4v) is 1.54. The normalized spacial score (nSPS) is 11.7. The number of methoxy groups -OCH3 is 1. The van der Waals surface area contributed by atoms with Crippen LogP contribution in [0.25, 0.3) is 0 Å². The highest BCUT2D eigenvalue weighted by atomic mass is 16.5. The van der Waals surface area contributed by atoms with Gasteiger partial charge < -0.3 is 15.2 Å². The molecule has 1 aromatic carbocycles. The highest BCUT2D eigenvalue weighted by Gasteiger charge is 2.21. The van der Waals surface area contributed by atoms with Crippen molar-refractivity contribution in [3.63, 3.8) is 0 Å². The summed E-state index contributed by atoms with van der Waals surface area (Å²) in [7, 11) is 1.26. The van der Waals surface area contributed by atoms with E-state index in [4.69, 9.17) is 0 Å². The second-order valence-electron chi connectivity index (χ2n) is 3.98. The number of benzene rings is 1. The number of amides is 1. The number of hydrogen-bond donors (Lipinski definition) is 2. The van der Waals surface area contributed by atoms with E-state index in [0.717, 1.165) is 5.56 Å². The monoisotopic (exact) mass is 251 g/mol. The summed E-state index contributed by atoms with van der Waals surface area (Å²) < 4.78 is 4.57. The standard InChI is InChI=1S/C13H17NO4/c1-4-10(13(17)18-3)14-12(16)9-6-5-8(2)7-11(9)15/h5-7,10,15H,4H2,1-3H3,(H,14,16). The number of ether oxygens (including phenoxy) is 1. The number of rotatable bonds is 4. The molecule has 0 saturated heterocycles. The molecule has 5 nitrogen and oxygen atoms in total. The van der Waals surface area contributed by atoms with Crippen molar-refractivity contribution in [3.05, 3.63) is 29.3 Å². The van der Waals surface area contributed by atoms with Gasteiger partial charge in [0.25, 0.3) is 5.91 Å². The summed E-state index contributed by atoms with van der Waals surface area (Å²) in [5.41, 5.74) is 0.993. The predicted octanol–water partition coefficient (Wildman–Crippen LogP) is 1.38. The minimum Gasteiger partial charge on any atom is -0.507 e. The Bertz CT molecular complexity index is 456. The summed E-state index contributed by atoms with van der Waals surface area (Å²) in [5.74, 6) is -1.10. The SMILES string of the molecule is CCC(NC(=O)c1ccc(C)cc1O)C(=O)OC. The molecule has 0 aliphatic rings. The van der Waals surface area contributed by atoms with E-state index in [1.807, 2.05) is 6.92 Å². The average molecular weight is 251 g/mol. The number of aryl methyl sites for hydroxylation is 1. The third-order valence-electron chi connectivity index (χ3n) is 2.60. The molecule has 0 fully saturated rings. The lowest BCUT2D eigenvalue weighted by Gasteiger charge is -2.15. The van der Waals surface area contributed by atoms with Crippen molar-refractivity contribution in [2.75, 3.05) is 7.11 Å². The van der Waals surface area contributed by atoms with Crippen LogP contribution in [0, 0.1) is 6.92 Å². The van der Waals surface area contributed by atoms with Crippen molar-refractivity contribution in [2.24, 2.45) is 0 Å². The number of esters is 1. The van der Waals surface area contributed by atoms with Crippen LogP contribution in [0.1, 0.15) is 29.3 Å². The molecule has 0 aromatic heterocycles. The van der Waals surface area contributed by atoms with Crippen LogP contribution >= 0.6 is 0 Å². The first-order chi connectivity index (χ1) is 8.49. The van der Waals surface area contributed by atoms with Gasteiger partial charge in [0, 0.05) is 0 Å². The van der Waals surface area contributed by atoms with Gasteiger partial charge in [-0.1, -0.05) is 13.0 Å². The first kappa shape index (κ1) is 14.0. The van der Waals surface area contributed by atoms with Gasteiger partial charge in [-0.3, -0.25) is 4.79 Å². The van der Waals surface area contributed by atoms with E-state index in [-0.39, 0.29) is 11.3 Å². The highest BCUT2D eigenvalue weighted by molar-refractivity contribution is 5.99. The molecule has 0 aliphatic heterocycles. The average Bonchev–Trinajstić information content (AvgIpc) is 2.34. The molecule has 5 heteroatoms.